The highest BCUT2D eigenvalue weighted by Crippen LogP contribution is 2.44. The van der Waals surface area contributed by atoms with Gasteiger partial charge in [0, 0.05) is 24.2 Å². The number of phenolic OH excluding ortho intramolecular Hbond substituents is 1. The van der Waals surface area contributed by atoms with Crippen LogP contribution in [-0.4, -0.2) is 30.0 Å². The van der Waals surface area contributed by atoms with Crippen molar-refractivity contribution in [2.24, 2.45) is 0 Å². The van der Waals surface area contributed by atoms with Gasteiger partial charge >= 0.3 is 0 Å². The second kappa shape index (κ2) is 4.17. The van der Waals surface area contributed by atoms with Crippen molar-refractivity contribution < 1.29 is 24.1 Å². The molecule has 1 heterocycles. The van der Waals surface area contributed by atoms with E-state index in [9.17, 15) is 9.50 Å². The van der Waals surface area contributed by atoms with E-state index in [-0.39, 0.29) is 17.9 Å². The Bertz CT molecular complexity index is 405. The summed E-state index contributed by atoms with van der Waals surface area (Å²) in [7, 11) is 0. The van der Waals surface area contributed by atoms with Crippen LogP contribution in [0.4, 0.5) is 4.39 Å². The Kier molecular flexibility index (Phi) is 2.87. The fourth-order valence-electron chi connectivity index (χ4n) is 1.72. The molecule has 5 heteroatoms. The molecule has 1 aromatic carbocycles. The lowest BCUT2D eigenvalue weighted by Gasteiger charge is -2.24. The second-order valence-corrected chi connectivity index (χ2v) is 3.73. The molecule has 0 aromatic heterocycles. The van der Waals surface area contributed by atoms with E-state index in [1.807, 2.05) is 0 Å². The average Bonchev–Trinajstić information content (AvgIpc) is 2.30. The van der Waals surface area contributed by atoms with Gasteiger partial charge in [0.25, 0.3) is 0 Å². The molecule has 88 valence electrons. The van der Waals surface area contributed by atoms with Crippen molar-refractivity contribution in [2.75, 3.05) is 19.8 Å². The summed E-state index contributed by atoms with van der Waals surface area (Å²) in [4.78, 5) is 0. The zero-order valence-electron chi connectivity index (χ0n) is 8.86. The van der Waals surface area contributed by atoms with Crippen LogP contribution in [0.2, 0.25) is 0 Å². The van der Waals surface area contributed by atoms with E-state index in [2.05, 4.69) is 0 Å². The summed E-state index contributed by atoms with van der Waals surface area (Å²) in [5, 5.41) is 18.7. The predicted molar refractivity (Wildman–Crippen MR) is 54.6 cm³/mol. The van der Waals surface area contributed by atoms with E-state index in [0.29, 0.717) is 19.0 Å². The summed E-state index contributed by atoms with van der Waals surface area (Å²) in [6, 6.07) is 1.09. The number of aliphatic hydroxyl groups is 1. The minimum Gasteiger partial charge on any atom is -0.505 e. The van der Waals surface area contributed by atoms with Gasteiger partial charge in [-0.3, -0.25) is 0 Å². The normalized spacial score (nSPS) is 15.9. The minimum absolute atomic E-state index is 0.202. The molecule has 0 fully saturated rings. The number of aliphatic hydroxyl groups excluding tert-OH is 1. The SMILES string of the molecule is CC(CO)c1c(O)c(F)cc2c1OCCO2. The number of fused-ring (bicyclic) bond motifs is 1. The fraction of sp³-hybridized carbons (Fsp3) is 0.455. The third kappa shape index (κ3) is 1.67. The summed E-state index contributed by atoms with van der Waals surface area (Å²) >= 11 is 0. The molecule has 1 aliphatic rings. The predicted octanol–water partition coefficient (Wildman–Crippen LogP) is 1.40. The molecular weight excluding hydrogens is 215 g/mol. The fourth-order valence-corrected chi connectivity index (χ4v) is 1.72. The lowest BCUT2D eigenvalue weighted by atomic mass is 9.98. The Labute approximate surface area is 92.2 Å². The van der Waals surface area contributed by atoms with Crippen LogP contribution in [0.25, 0.3) is 0 Å². The van der Waals surface area contributed by atoms with Crippen LogP contribution in [-0.2, 0) is 0 Å². The van der Waals surface area contributed by atoms with Gasteiger partial charge in [-0.2, -0.15) is 0 Å². The number of rotatable bonds is 2. The lowest BCUT2D eigenvalue weighted by Crippen LogP contribution is -2.18. The van der Waals surface area contributed by atoms with Crippen LogP contribution in [0.3, 0.4) is 0 Å². The van der Waals surface area contributed by atoms with Gasteiger partial charge < -0.3 is 19.7 Å². The molecule has 1 aromatic rings. The number of ether oxygens (including phenoxy) is 2. The molecule has 0 spiro atoms. The number of phenols is 1. The summed E-state index contributed by atoms with van der Waals surface area (Å²) in [5.74, 6) is -1.06. The highest BCUT2D eigenvalue weighted by Gasteiger charge is 2.26. The van der Waals surface area contributed by atoms with Crippen LogP contribution in [0, 0.1) is 5.82 Å². The number of benzene rings is 1. The van der Waals surface area contributed by atoms with Crippen molar-refractivity contribution in [3.8, 4) is 17.2 Å². The average molecular weight is 228 g/mol. The van der Waals surface area contributed by atoms with Crippen molar-refractivity contribution in [1.29, 1.82) is 0 Å². The zero-order valence-corrected chi connectivity index (χ0v) is 8.86. The van der Waals surface area contributed by atoms with Crippen LogP contribution < -0.4 is 9.47 Å². The molecule has 0 radical (unpaired) electrons. The molecule has 0 saturated heterocycles. The maximum absolute atomic E-state index is 13.4. The van der Waals surface area contributed by atoms with Gasteiger partial charge in [-0.05, 0) is 0 Å². The van der Waals surface area contributed by atoms with Crippen LogP contribution in [0.1, 0.15) is 18.4 Å². The van der Waals surface area contributed by atoms with E-state index in [1.165, 1.54) is 0 Å². The topological polar surface area (TPSA) is 58.9 Å². The first-order chi connectivity index (χ1) is 7.65. The van der Waals surface area contributed by atoms with Crippen LogP contribution in [0.5, 0.6) is 17.2 Å². The van der Waals surface area contributed by atoms with Crippen molar-refractivity contribution in [1.82, 2.24) is 0 Å². The van der Waals surface area contributed by atoms with Gasteiger partial charge in [-0.15, -0.1) is 0 Å². The van der Waals surface area contributed by atoms with Crippen LogP contribution in [0.15, 0.2) is 6.07 Å². The van der Waals surface area contributed by atoms with Crippen molar-refractivity contribution in [2.45, 2.75) is 12.8 Å². The summed E-state index contributed by atoms with van der Waals surface area (Å²) in [6.45, 7) is 2.17. The van der Waals surface area contributed by atoms with E-state index in [1.54, 1.807) is 6.92 Å². The first kappa shape index (κ1) is 11.0. The third-order valence-electron chi connectivity index (χ3n) is 2.56. The molecule has 0 amide bonds. The molecule has 2 rings (SSSR count). The van der Waals surface area contributed by atoms with Gasteiger partial charge in [0.15, 0.2) is 23.1 Å². The van der Waals surface area contributed by atoms with Crippen LogP contribution >= 0.6 is 0 Å². The zero-order chi connectivity index (χ0) is 11.7. The summed E-state index contributed by atoms with van der Waals surface area (Å²) in [5.41, 5.74) is 0.261. The smallest absolute Gasteiger partial charge is 0.169 e. The molecule has 1 atom stereocenters. The minimum atomic E-state index is -0.764. The van der Waals surface area contributed by atoms with Gasteiger partial charge in [0.05, 0.1) is 0 Å². The monoisotopic (exact) mass is 228 g/mol. The Balaban J connectivity index is 2.59. The molecule has 2 N–H and O–H groups in total. The van der Waals surface area contributed by atoms with Gasteiger partial charge in [0.1, 0.15) is 13.2 Å². The summed E-state index contributed by atoms with van der Waals surface area (Å²) in [6.07, 6.45) is 0. The molecule has 4 nitrogen and oxygen atoms in total. The lowest BCUT2D eigenvalue weighted by molar-refractivity contribution is 0.165. The third-order valence-corrected chi connectivity index (χ3v) is 2.56. The Hall–Kier alpha value is -1.49. The number of hydrogen-bond donors (Lipinski definition) is 2. The van der Waals surface area contributed by atoms with Gasteiger partial charge in [0.2, 0.25) is 0 Å². The molecule has 16 heavy (non-hydrogen) atoms. The molecule has 0 aliphatic carbocycles. The van der Waals surface area contributed by atoms with E-state index in [4.69, 9.17) is 14.6 Å². The first-order valence-corrected chi connectivity index (χ1v) is 5.07. The number of hydrogen-bond acceptors (Lipinski definition) is 4. The Morgan fingerprint density at radius 2 is 2.12 bits per heavy atom. The highest BCUT2D eigenvalue weighted by atomic mass is 19.1. The van der Waals surface area contributed by atoms with E-state index < -0.39 is 17.5 Å². The molecule has 0 saturated carbocycles. The van der Waals surface area contributed by atoms with Crippen molar-refractivity contribution >= 4 is 0 Å². The molecule has 0 bridgehead atoms. The van der Waals surface area contributed by atoms with Crippen molar-refractivity contribution in [3.63, 3.8) is 0 Å². The highest BCUT2D eigenvalue weighted by molar-refractivity contribution is 5.56. The second-order valence-electron chi connectivity index (χ2n) is 3.73. The van der Waals surface area contributed by atoms with E-state index in [0.717, 1.165) is 6.07 Å². The maximum atomic E-state index is 13.4. The Morgan fingerprint density at radius 3 is 2.81 bits per heavy atom. The number of aromatic hydroxyl groups is 1. The quantitative estimate of drug-likeness (QED) is 0.803. The van der Waals surface area contributed by atoms with Gasteiger partial charge in [-0.25, -0.2) is 4.39 Å². The van der Waals surface area contributed by atoms with E-state index >= 15 is 0 Å². The Morgan fingerprint density at radius 1 is 1.44 bits per heavy atom. The van der Waals surface area contributed by atoms with Gasteiger partial charge in [-0.1, -0.05) is 6.92 Å². The molecule has 1 aliphatic heterocycles. The first-order valence-electron chi connectivity index (χ1n) is 5.07. The summed E-state index contributed by atoms with van der Waals surface area (Å²) < 4.78 is 24.0. The number of halogens is 1. The molecule has 1 unspecified atom stereocenters. The standard InChI is InChI=1S/C11H13FO4/c1-6(5-13)9-10(14)7(12)4-8-11(9)16-3-2-15-8/h4,6,13-14H,2-3,5H2,1H3. The molecular formula is C11H13FO4. The maximum Gasteiger partial charge on any atom is 0.169 e. The largest absolute Gasteiger partial charge is 0.505 e. The van der Waals surface area contributed by atoms with Crippen molar-refractivity contribution in [3.05, 3.63) is 17.4 Å².